The van der Waals surface area contributed by atoms with Gasteiger partial charge in [0.25, 0.3) is 0 Å². The molecule has 3 heteroatoms. The van der Waals surface area contributed by atoms with Crippen LogP contribution in [0.1, 0.15) is 34.1 Å². The highest BCUT2D eigenvalue weighted by molar-refractivity contribution is 6.16. The van der Waals surface area contributed by atoms with Crippen LogP contribution in [0.3, 0.4) is 0 Å². The third-order valence-corrected chi connectivity index (χ3v) is 5.26. The van der Waals surface area contributed by atoms with Gasteiger partial charge in [0, 0.05) is 22.2 Å². The van der Waals surface area contributed by atoms with Crippen LogP contribution >= 0.6 is 0 Å². The molecule has 0 saturated carbocycles. The minimum atomic E-state index is -0.0708. The van der Waals surface area contributed by atoms with E-state index in [0.717, 1.165) is 44.6 Å². The van der Waals surface area contributed by atoms with Crippen LogP contribution in [0, 0.1) is 13.8 Å². The first-order chi connectivity index (χ1) is 15.1. The van der Waals surface area contributed by atoms with Gasteiger partial charge in [-0.25, -0.2) is 0 Å². The zero-order valence-corrected chi connectivity index (χ0v) is 18.1. The molecule has 0 bridgehead atoms. The maximum atomic E-state index is 13.5. The first-order valence-corrected chi connectivity index (χ1v) is 10.5. The van der Waals surface area contributed by atoms with Gasteiger partial charge < -0.3 is 4.74 Å². The van der Waals surface area contributed by atoms with Crippen molar-refractivity contribution in [2.75, 3.05) is 6.61 Å². The molecule has 0 aliphatic rings. The van der Waals surface area contributed by atoms with Crippen LogP contribution in [0.5, 0.6) is 5.75 Å². The molecule has 1 heterocycles. The number of hydrogen-bond acceptors (Lipinski definition) is 3. The number of rotatable bonds is 6. The van der Waals surface area contributed by atoms with Gasteiger partial charge in [-0.2, -0.15) is 0 Å². The molecule has 3 nitrogen and oxygen atoms in total. The van der Waals surface area contributed by atoms with Gasteiger partial charge in [0.15, 0.2) is 5.78 Å². The second-order valence-electron chi connectivity index (χ2n) is 7.50. The van der Waals surface area contributed by atoms with E-state index in [-0.39, 0.29) is 5.78 Å². The molecule has 4 rings (SSSR count). The molecule has 0 saturated heterocycles. The Hall–Kier alpha value is -3.72. The van der Waals surface area contributed by atoms with Crippen molar-refractivity contribution in [3.63, 3.8) is 0 Å². The quantitative estimate of drug-likeness (QED) is 0.260. The predicted octanol–water partition coefficient (Wildman–Crippen LogP) is 6.81. The lowest BCUT2D eigenvalue weighted by atomic mass is 9.91. The topological polar surface area (TPSA) is 39.2 Å². The van der Waals surface area contributed by atoms with Gasteiger partial charge in [-0.3, -0.25) is 9.78 Å². The molecular weight excluding hydrogens is 382 g/mol. The minimum Gasteiger partial charge on any atom is -0.493 e. The number of nitrogens with zero attached hydrogens (tertiary/aromatic N) is 1. The van der Waals surface area contributed by atoms with E-state index in [1.807, 2.05) is 80.6 Å². The van der Waals surface area contributed by atoms with Gasteiger partial charge in [-0.15, -0.1) is 0 Å². The maximum absolute atomic E-state index is 13.5. The number of aromatic nitrogens is 1. The molecule has 154 valence electrons. The van der Waals surface area contributed by atoms with Crippen molar-refractivity contribution in [2.45, 2.75) is 20.8 Å². The highest BCUT2D eigenvalue weighted by Crippen LogP contribution is 2.34. The Balaban J connectivity index is 1.87. The Morgan fingerprint density at radius 1 is 0.968 bits per heavy atom. The molecule has 0 spiro atoms. The lowest BCUT2D eigenvalue weighted by Gasteiger charge is -2.15. The number of pyridine rings is 1. The average Bonchev–Trinajstić information content (AvgIpc) is 2.78. The summed E-state index contributed by atoms with van der Waals surface area (Å²) in [6, 6.07) is 24.0. The zero-order chi connectivity index (χ0) is 21.8. The summed E-state index contributed by atoms with van der Waals surface area (Å²) < 4.78 is 5.69. The van der Waals surface area contributed by atoms with Crippen molar-refractivity contribution in [2.24, 2.45) is 0 Å². The summed E-state index contributed by atoms with van der Waals surface area (Å²) in [5.41, 5.74) is 6.20. The largest absolute Gasteiger partial charge is 0.493 e. The Kier molecular flexibility index (Phi) is 5.94. The molecule has 0 amide bonds. The molecule has 0 N–H and O–H groups in total. The van der Waals surface area contributed by atoms with Crippen LogP contribution in [0.25, 0.3) is 28.1 Å². The third-order valence-electron chi connectivity index (χ3n) is 5.26. The Morgan fingerprint density at radius 3 is 2.48 bits per heavy atom. The van der Waals surface area contributed by atoms with Crippen LogP contribution in [-0.4, -0.2) is 17.4 Å². The summed E-state index contributed by atoms with van der Waals surface area (Å²) in [6.45, 7) is 6.48. The molecule has 0 radical (unpaired) electrons. The third kappa shape index (κ3) is 4.26. The molecule has 4 aromatic rings. The molecule has 0 aliphatic heterocycles. The van der Waals surface area contributed by atoms with Crippen LogP contribution in [0.4, 0.5) is 0 Å². The Labute approximate surface area is 183 Å². The molecule has 0 atom stereocenters. The highest BCUT2D eigenvalue weighted by atomic mass is 16.5. The highest BCUT2D eigenvalue weighted by Gasteiger charge is 2.19. The number of benzene rings is 3. The fraction of sp³-hybridized carbons (Fsp3) is 0.143. The lowest BCUT2D eigenvalue weighted by Crippen LogP contribution is -2.05. The van der Waals surface area contributed by atoms with Crippen molar-refractivity contribution in [3.05, 3.63) is 101 Å². The summed E-state index contributed by atoms with van der Waals surface area (Å²) in [5, 5.41) is 0.989. The van der Waals surface area contributed by atoms with Crippen LogP contribution in [-0.2, 0) is 0 Å². The molecule has 0 unspecified atom stereocenters. The summed E-state index contributed by atoms with van der Waals surface area (Å²) >= 11 is 0. The first kappa shape index (κ1) is 20.5. The van der Waals surface area contributed by atoms with E-state index < -0.39 is 0 Å². The number of ketones is 1. The molecular formula is C28H25NO2. The molecule has 31 heavy (non-hydrogen) atoms. The molecule has 3 aromatic carbocycles. The normalized spacial score (nSPS) is 11.2. The lowest BCUT2D eigenvalue weighted by molar-refractivity contribution is 0.104. The van der Waals surface area contributed by atoms with Gasteiger partial charge in [0.2, 0.25) is 0 Å². The maximum Gasteiger partial charge on any atom is 0.188 e. The van der Waals surface area contributed by atoms with Crippen molar-refractivity contribution < 1.29 is 9.53 Å². The van der Waals surface area contributed by atoms with E-state index in [9.17, 15) is 4.79 Å². The van der Waals surface area contributed by atoms with E-state index in [4.69, 9.17) is 9.72 Å². The number of para-hydroxylation sites is 1. The number of ether oxygens (including phenoxy) is 1. The number of hydrogen-bond donors (Lipinski definition) is 0. The average molecular weight is 408 g/mol. The van der Waals surface area contributed by atoms with Crippen molar-refractivity contribution in [1.29, 1.82) is 0 Å². The molecule has 1 aromatic heterocycles. The first-order valence-electron chi connectivity index (χ1n) is 10.5. The number of aryl methyl sites for hydroxylation is 2. The fourth-order valence-electron chi connectivity index (χ4n) is 3.86. The van der Waals surface area contributed by atoms with E-state index in [2.05, 4.69) is 19.1 Å². The Morgan fingerprint density at radius 2 is 1.71 bits per heavy atom. The SMILES string of the molecule is CCOc1ccccc1/C=C/C(=O)c1c(C)nc2ccc(C)cc2c1-c1ccccc1. The smallest absolute Gasteiger partial charge is 0.188 e. The van der Waals surface area contributed by atoms with Crippen molar-refractivity contribution >= 4 is 22.8 Å². The monoisotopic (exact) mass is 407 g/mol. The number of fused-ring (bicyclic) bond motifs is 1. The van der Waals surface area contributed by atoms with Gasteiger partial charge in [-0.1, -0.05) is 60.2 Å². The minimum absolute atomic E-state index is 0.0708. The van der Waals surface area contributed by atoms with Crippen molar-refractivity contribution in [3.8, 4) is 16.9 Å². The number of carbonyl (C=O) groups is 1. The van der Waals surface area contributed by atoms with Crippen LogP contribution in [0.15, 0.2) is 78.9 Å². The van der Waals surface area contributed by atoms with E-state index in [1.54, 1.807) is 6.08 Å². The van der Waals surface area contributed by atoms with Crippen LogP contribution < -0.4 is 4.74 Å². The molecule has 0 fully saturated rings. The Bertz CT molecular complexity index is 1270. The van der Waals surface area contributed by atoms with E-state index in [1.165, 1.54) is 0 Å². The van der Waals surface area contributed by atoms with Crippen LogP contribution in [0.2, 0.25) is 0 Å². The number of allylic oxidation sites excluding steroid dienone is 1. The predicted molar refractivity (Wildman–Crippen MR) is 128 cm³/mol. The summed E-state index contributed by atoms with van der Waals surface area (Å²) in [7, 11) is 0. The van der Waals surface area contributed by atoms with E-state index in [0.29, 0.717) is 12.2 Å². The summed E-state index contributed by atoms with van der Waals surface area (Å²) in [4.78, 5) is 18.2. The summed E-state index contributed by atoms with van der Waals surface area (Å²) in [5.74, 6) is 0.694. The summed E-state index contributed by atoms with van der Waals surface area (Å²) in [6.07, 6.45) is 3.44. The fourth-order valence-corrected chi connectivity index (χ4v) is 3.86. The molecule has 0 aliphatic carbocycles. The van der Waals surface area contributed by atoms with Crippen molar-refractivity contribution in [1.82, 2.24) is 4.98 Å². The van der Waals surface area contributed by atoms with Gasteiger partial charge in [0.1, 0.15) is 5.75 Å². The number of carbonyl (C=O) groups excluding carboxylic acids is 1. The van der Waals surface area contributed by atoms with Gasteiger partial charge in [0.05, 0.1) is 17.7 Å². The zero-order valence-electron chi connectivity index (χ0n) is 18.1. The van der Waals surface area contributed by atoms with Gasteiger partial charge in [-0.05, 0) is 56.7 Å². The second kappa shape index (κ2) is 8.97. The van der Waals surface area contributed by atoms with E-state index >= 15 is 0 Å². The van der Waals surface area contributed by atoms with Gasteiger partial charge >= 0.3 is 0 Å². The second-order valence-corrected chi connectivity index (χ2v) is 7.50. The standard InChI is InChI=1S/C28H25NO2/c1-4-31-26-13-9-8-10-21(26)15-17-25(30)27-20(3)29-24-16-14-19(2)18-23(24)28(27)22-11-6-5-7-12-22/h5-18H,4H2,1-3H3/b17-15+.